The lowest BCUT2D eigenvalue weighted by atomic mass is 9.99. The van der Waals surface area contributed by atoms with Crippen molar-refractivity contribution in [2.45, 2.75) is 46.1 Å². The molecule has 0 amide bonds. The van der Waals surface area contributed by atoms with Gasteiger partial charge in [0, 0.05) is 18.6 Å². The third-order valence-electron chi connectivity index (χ3n) is 3.16. The fourth-order valence-corrected chi connectivity index (χ4v) is 1.32. The average molecular weight is 212 g/mol. The Hall–Kier alpha value is -0.340. The highest BCUT2D eigenvalue weighted by molar-refractivity contribution is 5.01. The lowest BCUT2D eigenvalue weighted by molar-refractivity contribution is 0.164. The zero-order valence-corrected chi connectivity index (χ0v) is 11.2. The van der Waals surface area contributed by atoms with Crippen LogP contribution in [0.15, 0.2) is 12.2 Å². The maximum atomic E-state index is 4.11. The predicted molar refractivity (Wildman–Crippen MR) is 69.3 cm³/mol. The van der Waals surface area contributed by atoms with Gasteiger partial charge in [-0.05, 0) is 45.9 Å². The van der Waals surface area contributed by atoms with Gasteiger partial charge >= 0.3 is 0 Å². The van der Waals surface area contributed by atoms with E-state index in [-0.39, 0.29) is 5.54 Å². The molecule has 0 aromatic rings. The maximum absolute atomic E-state index is 4.11. The van der Waals surface area contributed by atoms with E-state index in [0.717, 1.165) is 19.6 Å². The van der Waals surface area contributed by atoms with Crippen LogP contribution in [0, 0.1) is 0 Å². The molecule has 0 atom stereocenters. The van der Waals surface area contributed by atoms with Crippen molar-refractivity contribution in [3.05, 3.63) is 12.2 Å². The summed E-state index contributed by atoms with van der Waals surface area (Å²) in [7, 11) is 2.18. The van der Waals surface area contributed by atoms with Crippen molar-refractivity contribution in [3.63, 3.8) is 0 Å². The smallest absolute Gasteiger partial charge is 0.0205 e. The summed E-state index contributed by atoms with van der Waals surface area (Å²) in [6.07, 6.45) is 2.35. The van der Waals surface area contributed by atoms with Crippen LogP contribution in [-0.4, -0.2) is 37.1 Å². The molecule has 0 fully saturated rings. The van der Waals surface area contributed by atoms with E-state index in [2.05, 4.69) is 51.5 Å². The fourth-order valence-electron chi connectivity index (χ4n) is 1.32. The molecule has 90 valence electrons. The predicted octanol–water partition coefficient (Wildman–Crippen LogP) is 2.66. The normalized spacial score (nSPS) is 12.1. The lowest BCUT2D eigenvalue weighted by Crippen LogP contribution is -2.42. The molecule has 0 saturated carbocycles. The van der Waals surface area contributed by atoms with Crippen LogP contribution in [0.1, 0.15) is 40.5 Å². The number of rotatable bonds is 8. The van der Waals surface area contributed by atoms with Crippen molar-refractivity contribution in [1.29, 1.82) is 0 Å². The minimum atomic E-state index is 0.272. The summed E-state index contributed by atoms with van der Waals surface area (Å²) >= 11 is 0. The fraction of sp³-hybridized carbons (Fsp3) is 0.846. The Bertz CT molecular complexity index is 185. The Kier molecular flexibility index (Phi) is 6.86. The van der Waals surface area contributed by atoms with Gasteiger partial charge in [-0.1, -0.05) is 20.4 Å². The van der Waals surface area contributed by atoms with E-state index in [9.17, 15) is 0 Å². The molecule has 0 aromatic carbocycles. The van der Waals surface area contributed by atoms with E-state index in [1.807, 2.05) is 0 Å². The van der Waals surface area contributed by atoms with Gasteiger partial charge in [0.2, 0.25) is 0 Å². The van der Waals surface area contributed by atoms with Gasteiger partial charge in [-0.2, -0.15) is 0 Å². The summed E-state index contributed by atoms with van der Waals surface area (Å²) in [5.74, 6) is 0. The molecule has 0 unspecified atom stereocenters. The molecule has 0 aromatic heterocycles. The van der Waals surface area contributed by atoms with Gasteiger partial charge in [0.1, 0.15) is 0 Å². The van der Waals surface area contributed by atoms with Crippen LogP contribution in [0.25, 0.3) is 0 Å². The molecule has 0 heterocycles. The minimum Gasteiger partial charge on any atom is -0.313 e. The second-order valence-corrected chi connectivity index (χ2v) is 4.95. The molecule has 15 heavy (non-hydrogen) atoms. The Balaban J connectivity index is 3.86. The summed E-state index contributed by atoms with van der Waals surface area (Å²) in [5.41, 5.74) is 1.54. The Labute approximate surface area is 95.7 Å². The lowest BCUT2D eigenvalue weighted by Gasteiger charge is -2.35. The molecule has 1 N–H and O–H groups in total. The van der Waals surface area contributed by atoms with Crippen LogP contribution < -0.4 is 5.32 Å². The summed E-state index contributed by atoms with van der Waals surface area (Å²) < 4.78 is 0. The average Bonchev–Trinajstić information content (AvgIpc) is 2.18. The van der Waals surface area contributed by atoms with Crippen molar-refractivity contribution in [2.24, 2.45) is 0 Å². The van der Waals surface area contributed by atoms with Crippen LogP contribution in [-0.2, 0) is 0 Å². The zero-order chi connectivity index (χ0) is 11.9. The van der Waals surface area contributed by atoms with Crippen LogP contribution in [0.2, 0.25) is 0 Å². The van der Waals surface area contributed by atoms with E-state index in [0.29, 0.717) is 0 Å². The first-order valence-corrected chi connectivity index (χ1v) is 6.02. The third kappa shape index (κ3) is 5.95. The molecule has 0 rings (SSSR count). The summed E-state index contributed by atoms with van der Waals surface area (Å²) in [6.45, 7) is 16.1. The van der Waals surface area contributed by atoms with Gasteiger partial charge in [-0.3, -0.25) is 4.90 Å². The second kappa shape index (κ2) is 7.02. The highest BCUT2D eigenvalue weighted by atomic mass is 15.2. The van der Waals surface area contributed by atoms with E-state index < -0.39 is 0 Å². The summed E-state index contributed by atoms with van der Waals surface area (Å²) in [6, 6.07) is 0. The molecule has 0 saturated heterocycles. The van der Waals surface area contributed by atoms with Gasteiger partial charge in [0.15, 0.2) is 0 Å². The van der Waals surface area contributed by atoms with Gasteiger partial charge in [-0.15, -0.1) is 0 Å². The van der Waals surface area contributed by atoms with E-state index in [1.54, 1.807) is 0 Å². The maximum Gasteiger partial charge on any atom is 0.0205 e. The van der Waals surface area contributed by atoms with E-state index >= 15 is 0 Å². The minimum absolute atomic E-state index is 0.272. The Morgan fingerprint density at radius 1 is 1.33 bits per heavy atom. The van der Waals surface area contributed by atoms with Crippen molar-refractivity contribution in [1.82, 2.24) is 10.2 Å². The summed E-state index contributed by atoms with van der Waals surface area (Å²) in [5, 5.41) is 3.38. The summed E-state index contributed by atoms with van der Waals surface area (Å²) in [4.78, 5) is 2.38. The molecular weight excluding hydrogens is 184 g/mol. The van der Waals surface area contributed by atoms with Crippen molar-refractivity contribution >= 4 is 0 Å². The van der Waals surface area contributed by atoms with E-state index in [1.165, 1.54) is 18.4 Å². The highest BCUT2D eigenvalue weighted by Gasteiger charge is 2.20. The number of nitrogens with zero attached hydrogens (tertiary/aromatic N) is 1. The number of hydrogen-bond acceptors (Lipinski definition) is 2. The largest absolute Gasteiger partial charge is 0.313 e. The topological polar surface area (TPSA) is 15.3 Å². The first kappa shape index (κ1) is 14.7. The van der Waals surface area contributed by atoms with Crippen molar-refractivity contribution in [3.8, 4) is 0 Å². The van der Waals surface area contributed by atoms with Crippen LogP contribution in [0.3, 0.4) is 0 Å². The molecule has 2 nitrogen and oxygen atoms in total. The van der Waals surface area contributed by atoms with Gasteiger partial charge in [0.05, 0.1) is 0 Å². The molecule has 0 aliphatic heterocycles. The zero-order valence-electron chi connectivity index (χ0n) is 11.2. The first-order valence-electron chi connectivity index (χ1n) is 6.02. The van der Waals surface area contributed by atoms with Crippen LogP contribution >= 0.6 is 0 Å². The third-order valence-corrected chi connectivity index (χ3v) is 3.16. The molecule has 0 bridgehead atoms. The second-order valence-electron chi connectivity index (χ2n) is 4.95. The highest BCUT2D eigenvalue weighted by Crippen LogP contribution is 2.16. The standard InChI is InChI=1S/C13H28N2/c1-7-9-14-10-12(3)11-15(6)13(4,5)8-2/h14H,3,7-11H2,1-2,4-6H3. The van der Waals surface area contributed by atoms with Gasteiger partial charge < -0.3 is 5.32 Å². The molecular formula is C13H28N2. The van der Waals surface area contributed by atoms with Crippen LogP contribution in [0.4, 0.5) is 0 Å². The molecule has 0 aliphatic carbocycles. The number of likely N-dealkylation sites (N-methyl/N-ethyl adjacent to an activating group) is 1. The molecule has 0 spiro atoms. The molecule has 2 heteroatoms. The van der Waals surface area contributed by atoms with E-state index in [4.69, 9.17) is 0 Å². The SMILES string of the molecule is C=C(CNCCC)CN(C)C(C)(C)CC. The quantitative estimate of drug-likeness (QED) is 0.491. The van der Waals surface area contributed by atoms with Gasteiger partial charge in [-0.25, -0.2) is 0 Å². The number of nitrogens with one attached hydrogen (secondary N) is 1. The Morgan fingerprint density at radius 3 is 2.40 bits per heavy atom. The monoisotopic (exact) mass is 212 g/mol. The molecule has 0 aliphatic rings. The van der Waals surface area contributed by atoms with Crippen molar-refractivity contribution in [2.75, 3.05) is 26.7 Å². The Morgan fingerprint density at radius 2 is 1.93 bits per heavy atom. The molecule has 0 radical (unpaired) electrons. The number of hydrogen-bond donors (Lipinski definition) is 1. The van der Waals surface area contributed by atoms with Gasteiger partial charge in [0.25, 0.3) is 0 Å². The van der Waals surface area contributed by atoms with Crippen LogP contribution in [0.5, 0.6) is 0 Å². The van der Waals surface area contributed by atoms with Crippen molar-refractivity contribution < 1.29 is 0 Å². The first-order chi connectivity index (χ1) is 6.94.